The number of nitrogens with one attached hydrogen (secondary N) is 1. The van der Waals surface area contributed by atoms with E-state index in [1.54, 1.807) is 6.33 Å². The van der Waals surface area contributed by atoms with Crippen LogP contribution in [-0.4, -0.2) is 35.0 Å². The van der Waals surface area contributed by atoms with Crippen molar-refractivity contribution in [1.29, 1.82) is 0 Å². The number of carbonyl (C=O) groups excluding carboxylic acids is 1. The average Bonchev–Trinajstić information content (AvgIpc) is 2.98. The van der Waals surface area contributed by atoms with Crippen molar-refractivity contribution in [2.45, 2.75) is 52.0 Å². The number of aromatic nitrogens is 2. The molecule has 1 amide bonds. The first-order chi connectivity index (χ1) is 10.1. The molecule has 0 spiro atoms. The van der Waals surface area contributed by atoms with Crippen molar-refractivity contribution in [1.82, 2.24) is 9.97 Å². The van der Waals surface area contributed by atoms with E-state index in [-0.39, 0.29) is 12.5 Å². The minimum absolute atomic E-state index is 0.218. The summed E-state index contributed by atoms with van der Waals surface area (Å²) in [5.41, 5.74) is 6.41. The highest BCUT2D eigenvalue weighted by Gasteiger charge is 2.26. The van der Waals surface area contributed by atoms with Crippen molar-refractivity contribution in [2.75, 3.05) is 23.3 Å². The first kappa shape index (κ1) is 15.5. The predicted octanol–water partition coefficient (Wildman–Crippen LogP) is 1.84. The normalized spacial score (nSPS) is 15.1. The summed E-state index contributed by atoms with van der Waals surface area (Å²) in [6.07, 6.45) is 7.18. The van der Waals surface area contributed by atoms with Crippen LogP contribution in [0.25, 0.3) is 0 Å². The lowest BCUT2D eigenvalue weighted by Gasteiger charge is -2.30. The molecule has 116 valence electrons. The van der Waals surface area contributed by atoms with Gasteiger partial charge in [0.2, 0.25) is 5.91 Å². The van der Waals surface area contributed by atoms with Crippen LogP contribution in [0.2, 0.25) is 0 Å². The van der Waals surface area contributed by atoms with Crippen LogP contribution in [0.5, 0.6) is 0 Å². The lowest BCUT2D eigenvalue weighted by Crippen LogP contribution is -2.41. The Morgan fingerprint density at radius 2 is 2.14 bits per heavy atom. The second-order valence-corrected chi connectivity index (χ2v) is 5.63. The van der Waals surface area contributed by atoms with E-state index in [1.165, 1.54) is 12.8 Å². The molecule has 0 aliphatic heterocycles. The van der Waals surface area contributed by atoms with Crippen LogP contribution in [0.1, 0.15) is 44.6 Å². The molecular weight excluding hydrogens is 266 g/mol. The van der Waals surface area contributed by atoms with Gasteiger partial charge in [-0.2, -0.15) is 0 Å². The minimum atomic E-state index is -0.317. The molecular formula is C15H25N5O. The van der Waals surface area contributed by atoms with E-state index in [0.717, 1.165) is 43.0 Å². The van der Waals surface area contributed by atoms with Crippen molar-refractivity contribution in [3.8, 4) is 0 Å². The molecule has 0 radical (unpaired) electrons. The molecule has 1 aliphatic carbocycles. The third-order valence-corrected chi connectivity index (χ3v) is 3.96. The molecule has 6 nitrogen and oxygen atoms in total. The van der Waals surface area contributed by atoms with E-state index >= 15 is 0 Å². The number of hydrogen-bond donors (Lipinski definition) is 2. The van der Waals surface area contributed by atoms with Gasteiger partial charge in [0.15, 0.2) is 0 Å². The SMILES string of the molecule is CCCNc1ncnc(N(CC(N)=O)C2CCCC2)c1C. The zero-order valence-electron chi connectivity index (χ0n) is 12.9. The Kier molecular flexibility index (Phi) is 5.36. The van der Waals surface area contributed by atoms with E-state index in [2.05, 4.69) is 27.1 Å². The average molecular weight is 291 g/mol. The summed E-state index contributed by atoms with van der Waals surface area (Å²) < 4.78 is 0. The first-order valence-corrected chi connectivity index (χ1v) is 7.74. The summed E-state index contributed by atoms with van der Waals surface area (Å²) in [5.74, 6) is 1.35. The molecule has 0 bridgehead atoms. The molecule has 1 heterocycles. The molecule has 0 saturated heterocycles. The second-order valence-electron chi connectivity index (χ2n) is 5.63. The minimum Gasteiger partial charge on any atom is -0.370 e. The molecule has 2 rings (SSSR count). The second kappa shape index (κ2) is 7.24. The quantitative estimate of drug-likeness (QED) is 0.801. The first-order valence-electron chi connectivity index (χ1n) is 7.74. The Balaban J connectivity index is 2.27. The predicted molar refractivity (Wildman–Crippen MR) is 84.3 cm³/mol. The summed E-state index contributed by atoms with van der Waals surface area (Å²) in [6.45, 7) is 5.20. The van der Waals surface area contributed by atoms with Gasteiger partial charge in [-0.3, -0.25) is 4.79 Å². The monoisotopic (exact) mass is 291 g/mol. The number of nitrogens with zero attached hydrogens (tertiary/aromatic N) is 3. The van der Waals surface area contributed by atoms with Crippen LogP contribution in [0.15, 0.2) is 6.33 Å². The Morgan fingerprint density at radius 1 is 1.43 bits per heavy atom. The molecule has 6 heteroatoms. The number of nitrogens with two attached hydrogens (primary N) is 1. The standard InChI is InChI=1S/C15H25N5O/c1-3-8-17-14-11(2)15(19-10-18-14)20(9-13(16)21)12-6-4-5-7-12/h10,12H,3-9H2,1-2H3,(H2,16,21)(H,17,18,19). The van der Waals surface area contributed by atoms with E-state index in [0.29, 0.717) is 6.04 Å². The van der Waals surface area contributed by atoms with Gasteiger partial charge in [0.1, 0.15) is 18.0 Å². The van der Waals surface area contributed by atoms with Gasteiger partial charge < -0.3 is 16.0 Å². The van der Waals surface area contributed by atoms with Crippen LogP contribution in [0, 0.1) is 6.92 Å². The number of rotatable bonds is 7. The number of anilines is 2. The fraction of sp³-hybridized carbons (Fsp3) is 0.667. The fourth-order valence-electron chi connectivity index (χ4n) is 2.91. The highest BCUT2D eigenvalue weighted by Crippen LogP contribution is 2.30. The Hall–Kier alpha value is -1.85. The number of hydrogen-bond acceptors (Lipinski definition) is 5. The van der Waals surface area contributed by atoms with Crippen molar-refractivity contribution >= 4 is 17.5 Å². The smallest absolute Gasteiger partial charge is 0.237 e. The van der Waals surface area contributed by atoms with Gasteiger partial charge in [-0.05, 0) is 26.2 Å². The topological polar surface area (TPSA) is 84.1 Å². The number of amides is 1. The summed E-state index contributed by atoms with van der Waals surface area (Å²) in [6, 6.07) is 0.352. The van der Waals surface area contributed by atoms with Gasteiger partial charge in [0, 0.05) is 18.2 Å². The third kappa shape index (κ3) is 3.83. The van der Waals surface area contributed by atoms with Gasteiger partial charge in [-0.15, -0.1) is 0 Å². The maximum Gasteiger partial charge on any atom is 0.237 e. The third-order valence-electron chi connectivity index (χ3n) is 3.96. The highest BCUT2D eigenvalue weighted by molar-refractivity contribution is 5.80. The van der Waals surface area contributed by atoms with Gasteiger partial charge in [0.05, 0.1) is 6.54 Å². The van der Waals surface area contributed by atoms with Gasteiger partial charge >= 0.3 is 0 Å². The van der Waals surface area contributed by atoms with E-state index in [9.17, 15) is 4.79 Å². The van der Waals surface area contributed by atoms with Crippen LogP contribution in [0.4, 0.5) is 11.6 Å². The summed E-state index contributed by atoms with van der Waals surface area (Å²) in [4.78, 5) is 22.2. The van der Waals surface area contributed by atoms with E-state index in [4.69, 9.17) is 5.73 Å². The van der Waals surface area contributed by atoms with Gasteiger partial charge in [-0.25, -0.2) is 9.97 Å². The Labute approximate surface area is 126 Å². The lowest BCUT2D eigenvalue weighted by atomic mass is 10.1. The molecule has 0 aromatic carbocycles. The van der Waals surface area contributed by atoms with Gasteiger partial charge in [0.25, 0.3) is 0 Å². The molecule has 1 aromatic rings. The maximum absolute atomic E-state index is 11.4. The molecule has 1 saturated carbocycles. The van der Waals surface area contributed by atoms with E-state index in [1.807, 2.05) is 6.92 Å². The van der Waals surface area contributed by atoms with Gasteiger partial charge in [-0.1, -0.05) is 19.8 Å². The van der Waals surface area contributed by atoms with E-state index < -0.39 is 0 Å². The zero-order chi connectivity index (χ0) is 15.2. The summed E-state index contributed by atoms with van der Waals surface area (Å²) in [7, 11) is 0. The molecule has 21 heavy (non-hydrogen) atoms. The zero-order valence-corrected chi connectivity index (χ0v) is 12.9. The molecule has 0 unspecified atom stereocenters. The summed E-state index contributed by atoms with van der Waals surface area (Å²) >= 11 is 0. The van der Waals surface area contributed by atoms with Crippen molar-refractivity contribution in [3.05, 3.63) is 11.9 Å². The Morgan fingerprint density at radius 3 is 2.76 bits per heavy atom. The lowest BCUT2D eigenvalue weighted by molar-refractivity contribution is -0.116. The number of carbonyl (C=O) groups is 1. The fourth-order valence-corrected chi connectivity index (χ4v) is 2.91. The maximum atomic E-state index is 11.4. The molecule has 0 atom stereocenters. The molecule has 1 aromatic heterocycles. The van der Waals surface area contributed by atoms with Crippen LogP contribution in [-0.2, 0) is 4.79 Å². The molecule has 3 N–H and O–H groups in total. The molecule has 1 fully saturated rings. The van der Waals surface area contributed by atoms with Crippen LogP contribution < -0.4 is 16.0 Å². The van der Waals surface area contributed by atoms with Crippen LogP contribution in [0.3, 0.4) is 0 Å². The number of primary amides is 1. The summed E-state index contributed by atoms with van der Waals surface area (Å²) in [5, 5.41) is 3.31. The van der Waals surface area contributed by atoms with Crippen LogP contribution >= 0.6 is 0 Å². The van der Waals surface area contributed by atoms with Crippen molar-refractivity contribution in [3.63, 3.8) is 0 Å². The highest BCUT2D eigenvalue weighted by atomic mass is 16.1. The Bertz CT molecular complexity index is 485. The van der Waals surface area contributed by atoms with Crippen molar-refractivity contribution < 1.29 is 4.79 Å². The molecule has 1 aliphatic rings. The van der Waals surface area contributed by atoms with Crippen molar-refractivity contribution in [2.24, 2.45) is 5.73 Å². The largest absolute Gasteiger partial charge is 0.370 e.